The molecule has 5 heteroatoms. The summed E-state index contributed by atoms with van der Waals surface area (Å²) in [6, 6.07) is 8.70. The van der Waals surface area contributed by atoms with Crippen LogP contribution in [0.3, 0.4) is 0 Å². The quantitative estimate of drug-likeness (QED) is 0.709. The van der Waals surface area contributed by atoms with E-state index in [1.54, 1.807) is 18.2 Å². The van der Waals surface area contributed by atoms with Crippen molar-refractivity contribution in [3.8, 4) is 5.75 Å². The molecule has 1 unspecified atom stereocenters. The predicted molar refractivity (Wildman–Crippen MR) is 76.7 cm³/mol. The number of hydrogen-bond acceptors (Lipinski definition) is 1. The SMILES string of the molecule is COc1cc(Cl)ccc1C(Cl)Cc1c(F)cccc1F. The van der Waals surface area contributed by atoms with E-state index in [9.17, 15) is 8.78 Å². The third-order valence-electron chi connectivity index (χ3n) is 2.98. The lowest BCUT2D eigenvalue weighted by atomic mass is 10.0. The van der Waals surface area contributed by atoms with Gasteiger partial charge in [-0.1, -0.05) is 23.7 Å². The van der Waals surface area contributed by atoms with Crippen molar-refractivity contribution in [1.29, 1.82) is 0 Å². The van der Waals surface area contributed by atoms with Gasteiger partial charge < -0.3 is 4.74 Å². The fourth-order valence-electron chi connectivity index (χ4n) is 1.96. The summed E-state index contributed by atoms with van der Waals surface area (Å²) in [7, 11) is 1.49. The summed E-state index contributed by atoms with van der Waals surface area (Å²) in [6.07, 6.45) is 0.0258. The Morgan fingerprint density at radius 1 is 1.15 bits per heavy atom. The molecule has 0 aliphatic carbocycles. The monoisotopic (exact) mass is 316 g/mol. The van der Waals surface area contributed by atoms with E-state index in [1.807, 2.05) is 0 Å². The highest BCUT2D eigenvalue weighted by Gasteiger charge is 2.18. The minimum atomic E-state index is -0.617. The van der Waals surface area contributed by atoms with Gasteiger partial charge in [0.15, 0.2) is 0 Å². The molecule has 20 heavy (non-hydrogen) atoms. The third-order valence-corrected chi connectivity index (χ3v) is 3.60. The second-order valence-corrected chi connectivity index (χ2v) is 5.22. The van der Waals surface area contributed by atoms with E-state index >= 15 is 0 Å². The van der Waals surface area contributed by atoms with Crippen LogP contribution in [0.2, 0.25) is 5.02 Å². The zero-order chi connectivity index (χ0) is 14.7. The van der Waals surface area contributed by atoms with Crippen molar-refractivity contribution in [1.82, 2.24) is 0 Å². The van der Waals surface area contributed by atoms with Crippen molar-refractivity contribution in [3.05, 3.63) is 64.2 Å². The lowest BCUT2D eigenvalue weighted by Gasteiger charge is -2.15. The molecule has 1 nitrogen and oxygen atoms in total. The summed E-state index contributed by atoms with van der Waals surface area (Å²) in [6.45, 7) is 0. The first-order valence-corrected chi connectivity index (χ1v) is 6.74. The molecule has 0 N–H and O–H groups in total. The fourth-order valence-corrected chi connectivity index (χ4v) is 2.46. The molecule has 2 rings (SSSR count). The summed E-state index contributed by atoms with van der Waals surface area (Å²) in [4.78, 5) is 0. The summed E-state index contributed by atoms with van der Waals surface area (Å²) < 4.78 is 32.4. The molecule has 0 heterocycles. The Morgan fingerprint density at radius 3 is 2.40 bits per heavy atom. The molecule has 0 radical (unpaired) electrons. The van der Waals surface area contributed by atoms with Gasteiger partial charge in [0, 0.05) is 16.1 Å². The molecule has 2 aromatic carbocycles. The van der Waals surface area contributed by atoms with Gasteiger partial charge in [0.1, 0.15) is 17.4 Å². The number of benzene rings is 2. The third kappa shape index (κ3) is 3.22. The maximum absolute atomic E-state index is 13.6. The second kappa shape index (κ2) is 6.42. The first-order valence-electron chi connectivity index (χ1n) is 5.93. The first kappa shape index (κ1) is 15.1. The summed E-state index contributed by atoms with van der Waals surface area (Å²) in [5.41, 5.74) is 0.603. The van der Waals surface area contributed by atoms with Crippen LogP contribution in [0.5, 0.6) is 5.75 Å². The highest BCUT2D eigenvalue weighted by molar-refractivity contribution is 6.30. The van der Waals surface area contributed by atoms with E-state index in [0.29, 0.717) is 16.3 Å². The van der Waals surface area contributed by atoms with Gasteiger partial charge in [0.2, 0.25) is 0 Å². The van der Waals surface area contributed by atoms with Crippen LogP contribution < -0.4 is 4.74 Å². The van der Waals surface area contributed by atoms with Crippen LogP contribution in [-0.4, -0.2) is 7.11 Å². The Kier molecular flexibility index (Phi) is 4.84. The molecule has 0 saturated heterocycles. The van der Waals surface area contributed by atoms with E-state index in [0.717, 1.165) is 0 Å². The summed E-state index contributed by atoms with van der Waals surface area (Å²) >= 11 is 12.1. The van der Waals surface area contributed by atoms with Crippen LogP contribution in [0.15, 0.2) is 36.4 Å². The molecule has 0 aliphatic rings. The van der Waals surface area contributed by atoms with Crippen molar-refractivity contribution in [3.63, 3.8) is 0 Å². The van der Waals surface area contributed by atoms with Crippen molar-refractivity contribution < 1.29 is 13.5 Å². The Hall–Kier alpha value is -1.32. The Bertz CT molecular complexity index is 597. The number of alkyl halides is 1. The molecule has 0 bridgehead atoms. The first-order chi connectivity index (χ1) is 9.52. The fraction of sp³-hybridized carbons (Fsp3) is 0.200. The molecule has 2 aromatic rings. The van der Waals surface area contributed by atoms with Gasteiger partial charge >= 0.3 is 0 Å². The number of methoxy groups -OCH3 is 1. The van der Waals surface area contributed by atoms with Crippen LogP contribution in [0, 0.1) is 11.6 Å². The maximum Gasteiger partial charge on any atom is 0.129 e. The van der Waals surface area contributed by atoms with Gasteiger partial charge in [-0.25, -0.2) is 8.78 Å². The molecular formula is C15H12Cl2F2O. The molecule has 106 valence electrons. The van der Waals surface area contributed by atoms with Gasteiger partial charge in [-0.15, -0.1) is 11.6 Å². The molecule has 0 aromatic heterocycles. The standard InChI is InChI=1S/C15H12Cl2F2O/c1-20-15-7-9(16)5-6-10(15)12(17)8-11-13(18)3-2-4-14(11)19/h2-7,12H,8H2,1H3. The number of hydrogen-bond donors (Lipinski definition) is 0. The van der Waals surface area contributed by atoms with Crippen molar-refractivity contribution >= 4 is 23.2 Å². The Labute approximate surface area is 126 Å². The predicted octanol–water partition coefficient (Wildman–Crippen LogP) is 5.15. The summed E-state index contributed by atoms with van der Waals surface area (Å²) in [5, 5.41) is -0.111. The van der Waals surface area contributed by atoms with Gasteiger partial charge in [0.25, 0.3) is 0 Å². The molecule has 0 spiro atoms. The lowest BCUT2D eigenvalue weighted by molar-refractivity contribution is 0.408. The molecule has 0 saturated carbocycles. The molecule has 0 amide bonds. The van der Waals surface area contributed by atoms with Crippen LogP contribution in [0.25, 0.3) is 0 Å². The van der Waals surface area contributed by atoms with Crippen LogP contribution in [-0.2, 0) is 6.42 Å². The van der Waals surface area contributed by atoms with Gasteiger partial charge in [0.05, 0.1) is 12.5 Å². The minimum absolute atomic E-state index is 0.0258. The largest absolute Gasteiger partial charge is 0.496 e. The zero-order valence-corrected chi connectivity index (χ0v) is 12.2. The molecule has 0 fully saturated rings. The number of ether oxygens (including phenoxy) is 1. The van der Waals surface area contributed by atoms with Gasteiger partial charge in [-0.2, -0.15) is 0 Å². The topological polar surface area (TPSA) is 9.23 Å². The lowest BCUT2D eigenvalue weighted by Crippen LogP contribution is -2.03. The van der Waals surface area contributed by atoms with Crippen LogP contribution in [0.4, 0.5) is 8.78 Å². The molecular weight excluding hydrogens is 305 g/mol. The van der Waals surface area contributed by atoms with E-state index < -0.39 is 17.0 Å². The second-order valence-electron chi connectivity index (χ2n) is 4.26. The van der Waals surface area contributed by atoms with Gasteiger partial charge in [-0.05, 0) is 30.7 Å². The average molecular weight is 317 g/mol. The van der Waals surface area contributed by atoms with E-state index in [1.165, 1.54) is 25.3 Å². The molecule has 1 atom stereocenters. The van der Waals surface area contributed by atoms with E-state index in [4.69, 9.17) is 27.9 Å². The Morgan fingerprint density at radius 2 is 1.80 bits per heavy atom. The number of rotatable bonds is 4. The zero-order valence-electron chi connectivity index (χ0n) is 10.7. The van der Waals surface area contributed by atoms with Crippen molar-refractivity contribution in [2.24, 2.45) is 0 Å². The maximum atomic E-state index is 13.6. The van der Waals surface area contributed by atoms with Gasteiger partial charge in [-0.3, -0.25) is 0 Å². The Balaban J connectivity index is 2.31. The van der Waals surface area contributed by atoms with Crippen molar-refractivity contribution in [2.75, 3.05) is 7.11 Å². The summed E-state index contributed by atoms with van der Waals surface area (Å²) in [5.74, 6) is -0.721. The van der Waals surface area contributed by atoms with E-state index in [-0.39, 0.29) is 12.0 Å². The highest BCUT2D eigenvalue weighted by Crippen LogP contribution is 2.35. The average Bonchev–Trinajstić information content (AvgIpc) is 2.42. The smallest absolute Gasteiger partial charge is 0.129 e. The minimum Gasteiger partial charge on any atom is -0.496 e. The van der Waals surface area contributed by atoms with Crippen LogP contribution in [0.1, 0.15) is 16.5 Å². The van der Waals surface area contributed by atoms with E-state index in [2.05, 4.69) is 0 Å². The van der Waals surface area contributed by atoms with Crippen molar-refractivity contribution in [2.45, 2.75) is 11.8 Å². The van der Waals surface area contributed by atoms with Crippen LogP contribution >= 0.6 is 23.2 Å². The normalized spacial score (nSPS) is 12.2. The molecule has 0 aliphatic heterocycles. The number of halogens is 4. The highest BCUT2D eigenvalue weighted by atomic mass is 35.5.